The summed E-state index contributed by atoms with van der Waals surface area (Å²) in [6.45, 7) is 0.507. The van der Waals surface area contributed by atoms with Crippen molar-refractivity contribution in [2.24, 2.45) is 0 Å². The fourth-order valence-electron chi connectivity index (χ4n) is 4.15. The summed E-state index contributed by atoms with van der Waals surface area (Å²) >= 11 is 0. The third-order valence-corrected chi connectivity index (χ3v) is 5.69. The van der Waals surface area contributed by atoms with Crippen LogP contribution in [-0.4, -0.2) is 42.3 Å². The fraction of sp³-hybridized carbons (Fsp3) is 0.125. The molecule has 6 rings (SSSR count). The number of imidazole rings is 1. The van der Waals surface area contributed by atoms with Crippen LogP contribution in [0.25, 0.3) is 22.5 Å². The number of nitrogens with zero attached hydrogens (tertiary/aromatic N) is 5. The van der Waals surface area contributed by atoms with Crippen LogP contribution in [0.3, 0.4) is 0 Å². The van der Waals surface area contributed by atoms with Crippen LogP contribution < -0.4 is 0 Å². The third kappa shape index (κ3) is 3.04. The van der Waals surface area contributed by atoms with Gasteiger partial charge in [-0.15, -0.1) is 0 Å². The van der Waals surface area contributed by atoms with Crippen LogP contribution >= 0.6 is 0 Å². The summed E-state index contributed by atoms with van der Waals surface area (Å²) in [5.74, 6) is 0.218. The predicted molar refractivity (Wildman–Crippen MR) is 117 cm³/mol. The zero-order chi connectivity index (χ0) is 21.5. The number of hydrogen-bond donors (Lipinski definition) is 1. The summed E-state index contributed by atoms with van der Waals surface area (Å²) in [5, 5.41) is 1.04. The first-order chi connectivity index (χ1) is 15.8. The summed E-state index contributed by atoms with van der Waals surface area (Å²) in [6, 6.07) is 16.9. The van der Waals surface area contributed by atoms with Gasteiger partial charge in [0, 0.05) is 30.2 Å². The molecule has 0 unspecified atom stereocenters. The Morgan fingerprint density at radius 3 is 2.84 bits per heavy atom. The Balaban J connectivity index is 1.40. The van der Waals surface area contributed by atoms with Crippen LogP contribution in [0, 0.1) is 0 Å². The number of oxazole rings is 1. The molecule has 1 aliphatic heterocycles. The molecule has 0 saturated carbocycles. The zero-order valence-electron chi connectivity index (χ0n) is 17.0. The monoisotopic (exact) mass is 422 g/mol. The Morgan fingerprint density at radius 2 is 1.94 bits per heavy atom. The molecule has 8 heteroatoms. The number of para-hydroxylation sites is 1. The van der Waals surface area contributed by atoms with Gasteiger partial charge in [-0.2, -0.15) is 0 Å². The summed E-state index contributed by atoms with van der Waals surface area (Å²) in [4.78, 5) is 36.4. The van der Waals surface area contributed by atoms with E-state index in [0.29, 0.717) is 24.6 Å². The van der Waals surface area contributed by atoms with Crippen molar-refractivity contribution in [3.8, 4) is 11.6 Å². The first-order valence-corrected chi connectivity index (χ1v) is 10.3. The van der Waals surface area contributed by atoms with Gasteiger partial charge in [0.05, 0.1) is 29.4 Å². The van der Waals surface area contributed by atoms with E-state index in [4.69, 9.17) is 9.40 Å². The van der Waals surface area contributed by atoms with Crippen molar-refractivity contribution < 1.29 is 9.21 Å². The molecule has 0 aliphatic carbocycles. The minimum atomic E-state index is -0.425. The van der Waals surface area contributed by atoms with Gasteiger partial charge in [0.2, 0.25) is 11.7 Å². The van der Waals surface area contributed by atoms with Crippen molar-refractivity contribution >= 4 is 16.8 Å². The molecule has 0 radical (unpaired) electrons. The van der Waals surface area contributed by atoms with Crippen molar-refractivity contribution in [2.45, 2.75) is 12.5 Å². The maximum absolute atomic E-state index is 13.5. The SMILES string of the molecule is O=C(c1cnc(-c2ccccn2)o1)N1CCc2[nH]cnc2[C@@H]1c1ccc2ccccc2n1. The summed E-state index contributed by atoms with van der Waals surface area (Å²) in [5.41, 5.74) is 4.02. The number of benzene rings is 1. The molecule has 0 saturated heterocycles. The third-order valence-electron chi connectivity index (χ3n) is 5.69. The van der Waals surface area contributed by atoms with E-state index < -0.39 is 6.04 Å². The maximum Gasteiger partial charge on any atom is 0.292 e. The highest BCUT2D eigenvalue weighted by Gasteiger charge is 2.36. The number of hydrogen-bond acceptors (Lipinski definition) is 6. The second-order valence-corrected chi connectivity index (χ2v) is 7.59. The molecule has 5 aromatic rings. The van der Waals surface area contributed by atoms with Crippen LogP contribution in [0.2, 0.25) is 0 Å². The first kappa shape index (κ1) is 18.4. The molecule has 0 fully saturated rings. The Hall–Kier alpha value is -4.33. The lowest BCUT2D eigenvalue weighted by Gasteiger charge is -2.34. The maximum atomic E-state index is 13.5. The molecule has 0 bridgehead atoms. The van der Waals surface area contributed by atoms with E-state index in [2.05, 4.69) is 19.9 Å². The number of amides is 1. The van der Waals surface area contributed by atoms with Gasteiger partial charge >= 0.3 is 0 Å². The summed E-state index contributed by atoms with van der Waals surface area (Å²) in [7, 11) is 0. The van der Waals surface area contributed by atoms with Crippen molar-refractivity contribution in [3.05, 3.63) is 96.2 Å². The molecule has 156 valence electrons. The van der Waals surface area contributed by atoms with E-state index in [1.165, 1.54) is 6.20 Å². The number of aromatic nitrogens is 5. The molecule has 1 aromatic carbocycles. The fourth-order valence-corrected chi connectivity index (χ4v) is 4.15. The van der Waals surface area contributed by atoms with Crippen LogP contribution in [0.4, 0.5) is 0 Å². The molecule has 5 heterocycles. The van der Waals surface area contributed by atoms with E-state index in [1.54, 1.807) is 23.5 Å². The van der Waals surface area contributed by atoms with Gasteiger partial charge in [-0.05, 0) is 24.3 Å². The molecule has 32 heavy (non-hydrogen) atoms. The molecule has 1 N–H and O–H groups in total. The predicted octanol–water partition coefficient (Wildman–Crippen LogP) is 3.80. The normalized spacial score (nSPS) is 15.6. The van der Waals surface area contributed by atoms with Gasteiger partial charge in [0.25, 0.3) is 5.91 Å². The number of nitrogens with one attached hydrogen (secondary N) is 1. The Kier molecular flexibility index (Phi) is 4.28. The van der Waals surface area contributed by atoms with Gasteiger partial charge < -0.3 is 14.3 Å². The summed E-state index contributed by atoms with van der Waals surface area (Å²) in [6.07, 6.45) is 5.45. The Morgan fingerprint density at radius 1 is 1.03 bits per heavy atom. The van der Waals surface area contributed by atoms with Crippen molar-refractivity contribution in [1.82, 2.24) is 29.8 Å². The topological polar surface area (TPSA) is 101 Å². The summed E-state index contributed by atoms with van der Waals surface area (Å²) < 4.78 is 5.80. The second-order valence-electron chi connectivity index (χ2n) is 7.59. The molecule has 0 spiro atoms. The molecular weight excluding hydrogens is 404 g/mol. The minimum Gasteiger partial charge on any atom is -0.429 e. The largest absolute Gasteiger partial charge is 0.429 e. The number of carbonyl (C=O) groups is 1. The number of fused-ring (bicyclic) bond motifs is 2. The molecule has 8 nitrogen and oxygen atoms in total. The van der Waals surface area contributed by atoms with Crippen LogP contribution in [0.1, 0.15) is 33.7 Å². The second kappa shape index (κ2) is 7.42. The highest BCUT2D eigenvalue weighted by atomic mass is 16.4. The van der Waals surface area contributed by atoms with Gasteiger partial charge in [-0.3, -0.25) is 14.8 Å². The van der Waals surface area contributed by atoms with E-state index in [-0.39, 0.29) is 11.7 Å². The quantitative estimate of drug-likeness (QED) is 0.475. The highest BCUT2D eigenvalue weighted by Crippen LogP contribution is 2.34. The number of H-pyrrole nitrogens is 1. The Labute approximate surface area is 183 Å². The van der Waals surface area contributed by atoms with Crippen molar-refractivity contribution in [3.63, 3.8) is 0 Å². The number of pyridine rings is 2. The van der Waals surface area contributed by atoms with E-state index in [0.717, 1.165) is 28.0 Å². The van der Waals surface area contributed by atoms with Crippen LogP contribution in [-0.2, 0) is 6.42 Å². The zero-order valence-corrected chi connectivity index (χ0v) is 17.0. The standard InChI is InChI=1S/C24H18N6O2/c31-24(20-13-26-23(32-20)19-7-3-4-11-25-19)30-12-10-17-21(28-14-27-17)22(30)18-9-8-15-5-1-2-6-16(15)29-18/h1-9,11,13-14,22H,10,12H2,(H,27,28)/t22-/m0/s1. The minimum absolute atomic E-state index is 0.162. The number of rotatable bonds is 3. The smallest absolute Gasteiger partial charge is 0.292 e. The molecular formula is C24H18N6O2. The van der Waals surface area contributed by atoms with Crippen molar-refractivity contribution in [2.75, 3.05) is 6.54 Å². The van der Waals surface area contributed by atoms with Crippen LogP contribution in [0.15, 0.2) is 77.7 Å². The molecule has 1 atom stereocenters. The lowest BCUT2D eigenvalue weighted by atomic mass is 9.98. The average Bonchev–Trinajstić information content (AvgIpc) is 3.53. The lowest BCUT2D eigenvalue weighted by molar-refractivity contribution is 0.0655. The van der Waals surface area contributed by atoms with Gasteiger partial charge in [-0.25, -0.2) is 9.97 Å². The Bertz CT molecular complexity index is 1420. The van der Waals surface area contributed by atoms with E-state index in [9.17, 15) is 4.79 Å². The van der Waals surface area contributed by atoms with E-state index >= 15 is 0 Å². The van der Waals surface area contributed by atoms with E-state index in [1.807, 2.05) is 48.5 Å². The lowest BCUT2D eigenvalue weighted by Crippen LogP contribution is -2.41. The van der Waals surface area contributed by atoms with Gasteiger partial charge in [0.15, 0.2) is 0 Å². The van der Waals surface area contributed by atoms with Gasteiger partial charge in [0.1, 0.15) is 11.7 Å². The molecule has 4 aromatic heterocycles. The number of carbonyl (C=O) groups excluding carboxylic acids is 1. The number of aromatic amines is 1. The first-order valence-electron chi connectivity index (χ1n) is 10.3. The highest BCUT2D eigenvalue weighted by molar-refractivity contribution is 5.92. The van der Waals surface area contributed by atoms with Crippen molar-refractivity contribution in [1.29, 1.82) is 0 Å². The molecule has 1 amide bonds. The van der Waals surface area contributed by atoms with Crippen LogP contribution in [0.5, 0.6) is 0 Å². The van der Waals surface area contributed by atoms with Gasteiger partial charge in [-0.1, -0.05) is 30.3 Å². The average molecular weight is 422 g/mol. The molecule has 1 aliphatic rings.